The molecule has 0 nitrogen and oxygen atoms in total. The van der Waals surface area contributed by atoms with Crippen LogP contribution in [0.1, 0.15) is 437 Å². The molecule has 19 fully saturated rings. The molecule has 12 bridgehead atoms. The third kappa shape index (κ3) is 36.7. The topological polar surface area (TPSA) is 0 Å². The van der Waals surface area contributed by atoms with E-state index in [2.05, 4.69) is 72.9 Å². The van der Waals surface area contributed by atoms with E-state index in [0.717, 1.165) is 30.1 Å². The fourth-order valence-corrected chi connectivity index (χ4v) is 20.2. The Balaban J connectivity index is 0.000000130. The van der Waals surface area contributed by atoms with E-state index in [4.69, 9.17) is 0 Å². The molecule has 0 radical (unpaired) electrons. The van der Waals surface area contributed by atoms with Crippen LogP contribution in [0.4, 0.5) is 0 Å². The number of hydrogen-bond donors (Lipinski definition) is 0. The first kappa shape index (κ1) is 78.2. The lowest BCUT2D eigenvalue weighted by molar-refractivity contribution is 0.0197. The molecule has 24 rings (SSSR count). The van der Waals surface area contributed by atoms with Crippen molar-refractivity contribution >= 4 is 0 Å². The Kier molecular flexibility index (Phi) is 42.9. The van der Waals surface area contributed by atoms with Gasteiger partial charge in [-0.2, -0.15) is 0 Å². The van der Waals surface area contributed by atoms with Gasteiger partial charge in [0.25, 0.3) is 0 Å². The lowest BCUT2D eigenvalue weighted by atomic mass is 9.56. The summed E-state index contributed by atoms with van der Waals surface area (Å²) in [5, 5.41) is 0. The van der Waals surface area contributed by atoms with Gasteiger partial charge in [0.15, 0.2) is 0 Å². The Hall–Kier alpha value is -1.56. The average Bonchev–Trinajstić information content (AvgIpc) is 1.29. The second-order valence-electron chi connectivity index (χ2n) is 35.6. The summed E-state index contributed by atoms with van der Waals surface area (Å²) in [6.07, 6.45) is 129. The summed E-state index contributed by atoms with van der Waals surface area (Å²) < 4.78 is 0. The molecule has 2 atom stereocenters. The zero-order valence-corrected chi connectivity index (χ0v) is 63.1. The summed E-state index contributed by atoms with van der Waals surface area (Å²) >= 11 is 0. The van der Waals surface area contributed by atoms with Crippen molar-refractivity contribution in [3.05, 3.63) is 72.9 Å². The van der Waals surface area contributed by atoms with E-state index in [0.29, 0.717) is 0 Å². The van der Waals surface area contributed by atoms with Gasteiger partial charge < -0.3 is 0 Å². The Morgan fingerprint density at radius 3 is 0.500 bits per heavy atom. The molecule has 538 valence electrons. The standard InChI is InChI=1S/C10H16.C10H18.2C7H12.C7H10.C7H14.C7H12.C6H12.C6H10.C5H8.C5H10.C5H8.C5H6.C4H8.C3H6/c1-7-2-9-4-8(1)5-10(3-7)6-9;1-2-6-10-8-4-3-7-9(10)5-1;3*1-2-7-4-3-6(1)5-7;2*1-2-4-6-7-5-3-1;2*1-2-4-6-5-3-1;1-4-2-5(1)3-4;3*1-2-4-5-3-1;1-2-4-3-1;1-2-3-1/h7-10H,1-6H2;9-10H,1-8H2;2*6-7H,1-5H2;1-2,6-7H,3-5H2;1-7H2;1-2H,3-7H2;1-6H2;1-2H,3-6H2;4-5H,1-3H2;1-5H2;1-2H,3-5H2;1-4H,5H2;1-4H2;1-3H2. The van der Waals surface area contributed by atoms with Crippen molar-refractivity contribution < 1.29 is 0 Å². The highest BCUT2D eigenvalue weighted by atomic mass is 14.5. The molecule has 0 spiro atoms. The average molecular weight is 1290 g/mol. The molecule has 0 heteroatoms. The number of hydrogen-bond acceptors (Lipinski definition) is 0. The Bertz CT molecular complexity index is 1710. The summed E-state index contributed by atoms with van der Waals surface area (Å²) in [5.41, 5.74) is 0. The minimum Gasteiger partial charge on any atom is -0.0885 e. The maximum atomic E-state index is 2.38. The van der Waals surface area contributed by atoms with Gasteiger partial charge in [-0.15, -0.1) is 0 Å². The molecule has 0 aromatic heterocycles. The fraction of sp³-hybridized carbons (Fsp3) is 0.872. The second kappa shape index (κ2) is 51.6. The van der Waals surface area contributed by atoms with Crippen LogP contribution in [-0.2, 0) is 0 Å². The van der Waals surface area contributed by atoms with Crippen molar-refractivity contribution in [1.29, 1.82) is 0 Å². The lowest BCUT2D eigenvalue weighted by Gasteiger charge is -2.49. The molecule has 0 aromatic rings. The lowest BCUT2D eigenvalue weighted by Crippen LogP contribution is -2.38. The van der Waals surface area contributed by atoms with Crippen molar-refractivity contribution in [1.82, 2.24) is 0 Å². The molecule has 0 N–H and O–H groups in total. The molecule has 94 heavy (non-hydrogen) atoms. The van der Waals surface area contributed by atoms with Gasteiger partial charge >= 0.3 is 0 Å². The predicted molar refractivity (Wildman–Crippen MR) is 418 cm³/mol. The maximum absolute atomic E-state index is 2.38. The number of rotatable bonds is 0. The molecule has 2 unspecified atom stereocenters. The highest BCUT2D eigenvalue weighted by Gasteiger charge is 2.42. The van der Waals surface area contributed by atoms with Crippen molar-refractivity contribution in [3.63, 3.8) is 0 Å². The van der Waals surface area contributed by atoms with Crippen molar-refractivity contribution in [2.75, 3.05) is 0 Å². The van der Waals surface area contributed by atoms with Crippen LogP contribution in [-0.4, -0.2) is 0 Å². The minimum absolute atomic E-state index is 0.991. The maximum Gasteiger partial charge on any atom is -0.0163 e. The van der Waals surface area contributed by atoms with Gasteiger partial charge in [0.1, 0.15) is 0 Å². The largest absolute Gasteiger partial charge is 0.0885 e. The molecule has 0 aromatic carbocycles. The summed E-state index contributed by atoms with van der Waals surface area (Å²) in [5.74, 6) is 16.1. The predicted octanol–water partition coefficient (Wildman–Crippen LogP) is 31.6. The van der Waals surface area contributed by atoms with Gasteiger partial charge in [0.2, 0.25) is 0 Å². The smallest absolute Gasteiger partial charge is 0.0163 e. The molecule has 19 saturated carbocycles. The van der Waals surface area contributed by atoms with Crippen LogP contribution in [0.2, 0.25) is 0 Å². The molecule has 0 amide bonds. The highest BCUT2D eigenvalue weighted by Crippen LogP contribution is 2.54. The van der Waals surface area contributed by atoms with Crippen LogP contribution in [0.3, 0.4) is 0 Å². The highest BCUT2D eigenvalue weighted by molar-refractivity contribution is 5.12. The molecule has 24 aliphatic rings. The van der Waals surface area contributed by atoms with Crippen molar-refractivity contribution in [3.8, 4) is 0 Å². The molecular weight excluding hydrogens is 1130 g/mol. The van der Waals surface area contributed by atoms with Crippen LogP contribution in [0.15, 0.2) is 72.9 Å². The van der Waals surface area contributed by atoms with Crippen LogP contribution in [0.5, 0.6) is 0 Å². The quantitative estimate of drug-likeness (QED) is 0.168. The van der Waals surface area contributed by atoms with Crippen molar-refractivity contribution in [2.45, 2.75) is 437 Å². The van der Waals surface area contributed by atoms with E-state index in [9.17, 15) is 0 Å². The molecular formula is C94H162. The van der Waals surface area contributed by atoms with E-state index in [1.165, 1.54) is 342 Å². The SMILES string of the molecule is C1=CC2CCC1C2.C1=CCC=C1.C1=CCCC1.C1=CCCCC1.C1=CCCCCC1.C1C2CC1C2.C1C2CC3CC1CC(C2)C3.C1CC1.C1CC2CCC1C2.C1CC2CCC1C2.C1CCC1.C1CCC2CCCCC2C1.C1CCCC1.C1CCCCC1.C1CCCCCC1. The Morgan fingerprint density at radius 2 is 0.351 bits per heavy atom. The van der Waals surface area contributed by atoms with Gasteiger partial charge in [-0.05, 0) is 250 Å². The Labute approximate surface area is 588 Å². The van der Waals surface area contributed by atoms with Gasteiger partial charge in [-0.1, -0.05) is 343 Å². The number of allylic oxidation sites excluding steroid dienone is 12. The van der Waals surface area contributed by atoms with Gasteiger partial charge in [0, 0.05) is 0 Å². The van der Waals surface area contributed by atoms with Crippen LogP contribution in [0.25, 0.3) is 0 Å². The van der Waals surface area contributed by atoms with Crippen LogP contribution >= 0.6 is 0 Å². The van der Waals surface area contributed by atoms with E-state index in [1.807, 2.05) is 0 Å². The first-order valence-corrected chi connectivity index (χ1v) is 44.6. The van der Waals surface area contributed by atoms with E-state index in [1.54, 1.807) is 148 Å². The third-order valence-electron chi connectivity index (χ3n) is 26.9. The van der Waals surface area contributed by atoms with Crippen molar-refractivity contribution in [2.24, 2.45) is 82.9 Å². The van der Waals surface area contributed by atoms with E-state index >= 15 is 0 Å². The third-order valence-corrected chi connectivity index (χ3v) is 26.9. The van der Waals surface area contributed by atoms with E-state index in [-0.39, 0.29) is 0 Å². The summed E-state index contributed by atoms with van der Waals surface area (Å²) in [6, 6.07) is 0. The second-order valence-corrected chi connectivity index (χ2v) is 35.6. The van der Waals surface area contributed by atoms with Crippen LogP contribution in [0, 0.1) is 82.9 Å². The van der Waals surface area contributed by atoms with Gasteiger partial charge in [-0.3, -0.25) is 0 Å². The summed E-state index contributed by atoms with van der Waals surface area (Å²) in [7, 11) is 0. The van der Waals surface area contributed by atoms with E-state index < -0.39 is 0 Å². The van der Waals surface area contributed by atoms with Crippen LogP contribution < -0.4 is 0 Å². The monoisotopic (exact) mass is 1290 g/mol. The normalized spacial score (nSPS) is 35.5. The van der Waals surface area contributed by atoms with Gasteiger partial charge in [-0.25, -0.2) is 0 Å². The minimum atomic E-state index is 0.991. The molecule has 0 saturated heterocycles. The molecule has 0 aliphatic heterocycles. The Morgan fingerprint density at radius 1 is 0.149 bits per heavy atom. The summed E-state index contributed by atoms with van der Waals surface area (Å²) in [6.45, 7) is 0. The zero-order valence-electron chi connectivity index (χ0n) is 63.1. The molecule has 0 heterocycles. The fourth-order valence-electron chi connectivity index (χ4n) is 20.2. The first-order chi connectivity index (χ1) is 46.7. The number of fused-ring (bicyclic) bond motifs is 7. The zero-order chi connectivity index (χ0) is 64.7. The molecule has 24 aliphatic carbocycles. The first-order valence-electron chi connectivity index (χ1n) is 44.6. The summed E-state index contributed by atoms with van der Waals surface area (Å²) in [4.78, 5) is 0. The van der Waals surface area contributed by atoms with Gasteiger partial charge in [0.05, 0.1) is 0 Å².